The molecular weight excluding hydrogens is 381 g/mol. The molecule has 0 radical (unpaired) electrons. The molecule has 0 saturated heterocycles. The Morgan fingerprint density at radius 1 is 0.821 bits per heavy atom. The van der Waals surface area contributed by atoms with E-state index in [9.17, 15) is 18.8 Å². The normalized spacial score (nSPS) is 12.8. The van der Waals surface area contributed by atoms with Crippen LogP contribution in [0.15, 0.2) is 82.6 Å². The first-order valence-electron chi connectivity index (χ1n) is 8.28. The number of hydrogen-bond donors (Lipinski definition) is 0. The number of carbonyl (C=O) groups is 3. The smallest absolute Gasteiger partial charge is 0.324 e. The molecule has 3 aromatic rings. The molecule has 1 aliphatic rings. The molecule has 1 aliphatic heterocycles. The lowest BCUT2D eigenvalue weighted by atomic mass is 10.1. The summed E-state index contributed by atoms with van der Waals surface area (Å²) >= 11 is 1.05. The van der Waals surface area contributed by atoms with Gasteiger partial charge in [0.2, 0.25) is 0 Å². The van der Waals surface area contributed by atoms with Crippen molar-refractivity contribution in [2.75, 3.05) is 0 Å². The van der Waals surface area contributed by atoms with Crippen molar-refractivity contribution in [1.29, 1.82) is 0 Å². The molecule has 5 nitrogen and oxygen atoms in total. The van der Waals surface area contributed by atoms with Crippen LogP contribution in [0.25, 0.3) is 0 Å². The Bertz CT molecular complexity index is 1070. The van der Waals surface area contributed by atoms with Crippen LogP contribution in [0.3, 0.4) is 0 Å². The van der Waals surface area contributed by atoms with Crippen molar-refractivity contribution in [3.63, 3.8) is 0 Å². The zero-order valence-corrected chi connectivity index (χ0v) is 15.1. The van der Waals surface area contributed by atoms with Gasteiger partial charge in [0.05, 0.1) is 21.6 Å². The number of rotatable bonds is 4. The molecule has 1 heterocycles. The van der Waals surface area contributed by atoms with Crippen LogP contribution < -0.4 is 0 Å². The van der Waals surface area contributed by atoms with Gasteiger partial charge < -0.3 is 4.84 Å². The second-order valence-electron chi connectivity index (χ2n) is 5.86. The third-order valence-electron chi connectivity index (χ3n) is 4.08. The topological polar surface area (TPSA) is 63.7 Å². The Labute approximate surface area is 163 Å². The minimum Gasteiger partial charge on any atom is -0.324 e. The standard InChI is InChI=1S/C21H12FNO4S/c22-17-12-6-11-16(18(17)28-13-7-2-1-3-8-13)21(26)27-23-19(24)14-9-4-5-10-15(14)20(23)25/h1-12H. The minimum atomic E-state index is -0.993. The van der Waals surface area contributed by atoms with Crippen LogP contribution in [-0.2, 0) is 4.84 Å². The van der Waals surface area contributed by atoms with E-state index >= 15 is 0 Å². The van der Waals surface area contributed by atoms with Crippen molar-refractivity contribution in [2.45, 2.75) is 9.79 Å². The molecule has 0 spiro atoms. The van der Waals surface area contributed by atoms with Gasteiger partial charge in [-0.1, -0.05) is 53.2 Å². The highest BCUT2D eigenvalue weighted by Gasteiger charge is 2.39. The fourth-order valence-corrected chi connectivity index (χ4v) is 3.72. The number of benzene rings is 3. The zero-order valence-electron chi connectivity index (χ0n) is 14.3. The number of amides is 2. The van der Waals surface area contributed by atoms with Crippen molar-refractivity contribution in [1.82, 2.24) is 5.06 Å². The number of carbonyl (C=O) groups excluding carboxylic acids is 3. The van der Waals surface area contributed by atoms with Crippen LogP contribution in [0.5, 0.6) is 0 Å². The van der Waals surface area contributed by atoms with Crippen molar-refractivity contribution < 1.29 is 23.6 Å². The van der Waals surface area contributed by atoms with Gasteiger partial charge in [-0.15, -0.1) is 0 Å². The number of hydrogen-bond acceptors (Lipinski definition) is 5. The van der Waals surface area contributed by atoms with Gasteiger partial charge in [-0.2, -0.15) is 0 Å². The van der Waals surface area contributed by atoms with E-state index < -0.39 is 23.6 Å². The summed E-state index contributed by atoms with van der Waals surface area (Å²) in [6.07, 6.45) is 0. The Morgan fingerprint density at radius 2 is 1.43 bits per heavy atom. The van der Waals surface area contributed by atoms with E-state index in [-0.39, 0.29) is 21.6 Å². The third kappa shape index (κ3) is 3.16. The van der Waals surface area contributed by atoms with Crippen LogP contribution in [0.4, 0.5) is 4.39 Å². The van der Waals surface area contributed by atoms with Crippen LogP contribution >= 0.6 is 11.8 Å². The summed E-state index contributed by atoms with van der Waals surface area (Å²) in [5, 5.41) is 0.412. The number of nitrogens with zero attached hydrogens (tertiary/aromatic N) is 1. The van der Waals surface area contributed by atoms with Crippen LogP contribution in [-0.4, -0.2) is 22.8 Å². The first-order chi connectivity index (χ1) is 13.6. The molecule has 3 aromatic carbocycles. The molecular formula is C21H12FNO4S. The van der Waals surface area contributed by atoms with Gasteiger partial charge in [0.1, 0.15) is 5.82 Å². The number of imide groups is 1. The van der Waals surface area contributed by atoms with Gasteiger partial charge >= 0.3 is 5.97 Å². The second kappa shape index (κ2) is 7.28. The zero-order chi connectivity index (χ0) is 19.7. The second-order valence-corrected chi connectivity index (χ2v) is 6.94. The molecule has 0 unspecified atom stereocenters. The molecule has 0 fully saturated rings. The van der Waals surface area contributed by atoms with Gasteiger partial charge in [0.25, 0.3) is 11.8 Å². The summed E-state index contributed by atoms with van der Waals surface area (Å²) in [6, 6.07) is 19.1. The summed E-state index contributed by atoms with van der Waals surface area (Å²) in [5.41, 5.74) is 0.224. The minimum absolute atomic E-state index is 0.0512. The van der Waals surface area contributed by atoms with Gasteiger partial charge in [-0.25, -0.2) is 9.18 Å². The molecule has 0 aliphatic carbocycles. The fourth-order valence-electron chi connectivity index (χ4n) is 2.76. The van der Waals surface area contributed by atoms with E-state index in [0.29, 0.717) is 5.06 Å². The molecule has 4 rings (SSSR count). The molecule has 138 valence electrons. The maximum absolute atomic E-state index is 14.4. The van der Waals surface area contributed by atoms with Gasteiger partial charge in [-0.3, -0.25) is 9.59 Å². The van der Waals surface area contributed by atoms with Gasteiger partial charge in [0, 0.05) is 4.90 Å². The highest BCUT2D eigenvalue weighted by molar-refractivity contribution is 7.99. The summed E-state index contributed by atoms with van der Waals surface area (Å²) in [5.74, 6) is -3.07. The lowest BCUT2D eigenvalue weighted by Gasteiger charge is -2.14. The Balaban J connectivity index is 1.62. The third-order valence-corrected chi connectivity index (χ3v) is 5.21. The quantitative estimate of drug-likeness (QED) is 0.617. The average molecular weight is 393 g/mol. The average Bonchev–Trinajstić information content (AvgIpc) is 2.95. The summed E-state index contributed by atoms with van der Waals surface area (Å²) in [7, 11) is 0. The Kier molecular flexibility index (Phi) is 4.67. The van der Waals surface area contributed by atoms with Crippen LogP contribution in [0, 0.1) is 5.82 Å². The molecule has 7 heteroatoms. The largest absolute Gasteiger partial charge is 0.365 e. The molecule has 0 bridgehead atoms. The summed E-state index contributed by atoms with van der Waals surface area (Å²) < 4.78 is 14.4. The Hall–Kier alpha value is -3.45. The lowest BCUT2D eigenvalue weighted by molar-refractivity contribution is -0.0587. The monoisotopic (exact) mass is 393 g/mol. The van der Waals surface area contributed by atoms with Crippen LogP contribution in [0.1, 0.15) is 31.1 Å². The summed E-state index contributed by atoms with van der Waals surface area (Å²) in [4.78, 5) is 43.2. The highest BCUT2D eigenvalue weighted by Crippen LogP contribution is 2.33. The number of halogens is 1. The fraction of sp³-hybridized carbons (Fsp3) is 0. The number of hydroxylamine groups is 2. The van der Waals surface area contributed by atoms with Crippen molar-refractivity contribution in [2.24, 2.45) is 0 Å². The van der Waals surface area contributed by atoms with E-state index in [1.807, 2.05) is 6.07 Å². The van der Waals surface area contributed by atoms with E-state index in [2.05, 4.69) is 0 Å². The summed E-state index contributed by atoms with van der Waals surface area (Å²) in [6.45, 7) is 0. The maximum Gasteiger partial charge on any atom is 0.365 e. The molecule has 28 heavy (non-hydrogen) atoms. The molecule has 0 aromatic heterocycles. The van der Waals surface area contributed by atoms with Crippen LogP contribution in [0.2, 0.25) is 0 Å². The van der Waals surface area contributed by atoms with E-state index in [0.717, 1.165) is 16.7 Å². The predicted octanol–water partition coefficient (Wildman–Crippen LogP) is 4.34. The molecule has 2 amide bonds. The first-order valence-corrected chi connectivity index (χ1v) is 9.09. The maximum atomic E-state index is 14.4. The first kappa shape index (κ1) is 17.9. The SMILES string of the molecule is O=C(ON1C(=O)c2ccccc2C1=O)c1cccc(F)c1Sc1ccccc1. The molecule has 0 atom stereocenters. The van der Waals surface area contributed by atoms with Gasteiger partial charge in [-0.05, 0) is 36.4 Å². The van der Waals surface area contributed by atoms with E-state index in [4.69, 9.17) is 4.84 Å². The lowest BCUT2D eigenvalue weighted by Crippen LogP contribution is -2.32. The Morgan fingerprint density at radius 3 is 2.07 bits per heavy atom. The number of fused-ring (bicyclic) bond motifs is 1. The molecule has 0 N–H and O–H groups in total. The van der Waals surface area contributed by atoms with E-state index in [1.54, 1.807) is 36.4 Å². The molecule has 0 saturated carbocycles. The van der Waals surface area contributed by atoms with Crippen molar-refractivity contribution in [3.05, 3.63) is 95.3 Å². The van der Waals surface area contributed by atoms with Crippen molar-refractivity contribution in [3.8, 4) is 0 Å². The predicted molar refractivity (Wildman–Crippen MR) is 99.3 cm³/mol. The van der Waals surface area contributed by atoms with Crippen molar-refractivity contribution >= 4 is 29.5 Å². The van der Waals surface area contributed by atoms with E-state index in [1.165, 1.54) is 30.3 Å². The highest BCUT2D eigenvalue weighted by atomic mass is 32.2. The van der Waals surface area contributed by atoms with Gasteiger partial charge in [0.15, 0.2) is 0 Å².